The second kappa shape index (κ2) is 14.4. The van der Waals surface area contributed by atoms with E-state index in [0.717, 1.165) is 39.0 Å². The molecule has 0 radical (unpaired) electrons. The first kappa shape index (κ1) is 39.1. The molecule has 3 unspecified atom stereocenters. The zero-order chi connectivity index (χ0) is 41.2. The maximum atomic E-state index is 14.1. The molecule has 0 saturated heterocycles. The summed E-state index contributed by atoms with van der Waals surface area (Å²) in [6.07, 6.45) is 4.39. The summed E-state index contributed by atoms with van der Waals surface area (Å²) >= 11 is 0. The number of fused-ring (bicyclic) bond motifs is 5. The Hall–Kier alpha value is -5.40. The maximum Gasteiger partial charge on any atom is 0.310 e. The molecule has 0 aliphatic heterocycles. The van der Waals surface area contributed by atoms with Crippen LogP contribution in [0.1, 0.15) is 62.8 Å². The standard InChI is InChI=1S/C53H52O6/c1-35-29-45-50(56,48(35)55)33-38(34-58-53(41-19-11-6-12-20-41,42-21-13-7-14-22-42)43-23-15-8-16-24-43)30-44-47-49(3,4)51(47,32-36(2)52(44,45)57)59-46(54)31-37-25-27-40(28-26-37)39-17-9-5-10-18-39/h5-30,36,44-45,47,56-57H,31-34H2,1-4H3/t36-,44?,45-,47?,50?,51+,52-/m1/s1. The molecule has 0 bridgehead atoms. The van der Waals surface area contributed by atoms with E-state index in [2.05, 4.69) is 68.5 Å². The van der Waals surface area contributed by atoms with E-state index in [4.69, 9.17) is 9.47 Å². The largest absolute Gasteiger partial charge is 0.458 e. The van der Waals surface area contributed by atoms with E-state index in [1.807, 2.05) is 104 Å². The third-order valence-electron chi connectivity index (χ3n) is 14.4. The van der Waals surface area contributed by atoms with Crippen molar-refractivity contribution in [2.45, 2.75) is 69.4 Å². The Morgan fingerprint density at radius 3 is 1.78 bits per heavy atom. The van der Waals surface area contributed by atoms with Crippen LogP contribution in [-0.4, -0.2) is 45.4 Å². The number of aliphatic hydroxyl groups is 2. The number of benzene rings is 5. The molecule has 7 atom stereocenters. The number of esters is 1. The highest BCUT2D eigenvalue weighted by Crippen LogP contribution is 2.76. The van der Waals surface area contributed by atoms with Crippen LogP contribution in [0.2, 0.25) is 0 Å². The molecular formula is C53H52O6. The fourth-order valence-corrected chi connectivity index (χ4v) is 11.4. The number of carbonyl (C=O) groups is 2. The highest BCUT2D eigenvalue weighted by Gasteiger charge is 2.83. The predicted octanol–water partition coefficient (Wildman–Crippen LogP) is 9.44. The fraction of sp³-hybridized carbons (Fsp3) is 0.321. The molecule has 4 aliphatic rings. The summed E-state index contributed by atoms with van der Waals surface area (Å²) in [5.41, 5.74) is 1.26. The van der Waals surface area contributed by atoms with Crippen molar-refractivity contribution in [2.75, 3.05) is 6.61 Å². The van der Waals surface area contributed by atoms with Crippen molar-refractivity contribution < 1.29 is 29.3 Å². The molecule has 4 aliphatic carbocycles. The minimum atomic E-state index is -1.87. The van der Waals surface area contributed by atoms with Crippen molar-refractivity contribution in [3.63, 3.8) is 0 Å². The molecule has 0 amide bonds. The van der Waals surface area contributed by atoms with Crippen molar-refractivity contribution in [3.8, 4) is 11.1 Å². The SMILES string of the molecule is CC1=C[C@@H]2C(O)(CC(COC(c3ccccc3)(c3ccccc3)c3ccccc3)=CC3C4C(C)(C)[C@]4(OC(=O)Cc4ccc(-c5ccccc5)cc4)C[C@@H](C)[C@@]32O)C1=O. The van der Waals surface area contributed by atoms with Gasteiger partial charge in [-0.05, 0) is 63.8 Å². The average Bonchev–Trinajstić information content (AvgIpc) is 3.65. The lowest BCUT2D eigenvalue weighted by Crippen LogP contribution is -2.61. The second-order valence-electron chi connectivity index (χ2n) is 18.0. The highest BCUT2D eigenvalue weighted by atomic mass is 16.6. The summed E-state index contributed by atoms with van der Waals surface area (Å²) in [6.45, 7) is 8.00. The lowest BCUT2D eigenvalue weighted by Gasteiger charge is -2.50. The molecule has 59 heavy (non-hydrogen) atoms. The van der Waals surface area contributed by atoms with Gasteiger partial charge in [-0.15, -0.1) is 0 Å². The normalized spacial score (nSPS) is 29.2. The fourth-order valence-electron chi connectivity index (χ4n) is 11.4. The Kier molecular flexibility index (Phi) is 9.54. The molecule has 2 N–H and O–H groups in total. The summed E-state index contributed by atoms with van der Waals surface area (Å²) < 4.78 is 13.9. The van der Waals surface area contributed by atoms with Gasteiger partial charge in [-0.1, -0.05) is 179 Å². The molecule has 9 rings (SSSR count). The summed E-state index contributed by atoms with van der Waals surface area (Å²) in [5, 5.41) is 25.9. The number of rotatable bonds is 10. The van der Waals surface area contributed by atoms with E-state index in [1.54, 1.807) is 13.0 Å². The summed E-state index contributed by atoms with van der Waals surface area (Å²) in [5.74, 6) is -2.79. The average molecular weight is 785 g/mol. The number of ketones is 1. The number of hydrogen-bond acceptors (Lipinski definition) is 6. The molecular weight excluding hydrogens is 733 g/mol. The highest BCUT2D eigenvalue weighted by molar-refractivity contribution is 6.04. The van der Waals surface area contributed by atoms with E-state index in [1.165, 1.54) is 0 Å². The lowest BCUT2D eigenvalue weighted by atomic mass is 9.60. The van der Waals surface area contributed by atoms with Gasteiger partial charge in [0.05, 0.1) is 18.6 Å². The van der Waals surface area contributed by atoms with Crippen molar-refractivity contribution in [2.24, 2.45) is 29.1 Å². The molecule has 0 spiro atoms. The van der Waals surface area contributed by atoms with Crippen LogP contribution in [0.25, 0.3) is 11.1 Å². The van der Waals surface area contributed by atoms with Crippen molar-refractivity contribution >= 4 is 11.8 Å². The summed E-state index contributed by atoms with van der Waals surface area (Å²) in [7, 11) is 0. The van der Waals surface area contributed by atoms with Crippen LogP contribution in [0, 0.1) is 29.1 Å². The Morgan fingerprint density at radius 2 is 1.24 bits per heavy atom. The van der Waals surface area contributed by atoms with Crippen LogP contribution in [0.15, 0.2) is 169 Å². The molecule has 2 saturated carbocycles. The molecule has 6 nitrogen and oxygen atoms in total. The van der Waals surface area contributed by atoms with Gasteiger partial charge in [0.25, 0.3) is 0 Å². The maximum absolute atomic E-state index is 14.1. The van der Waals surface area contributed by atoms with Gasteiger partial charge >= 0.3 is 5.97 Å². The van der Waals surface area contributed by atoms with Gasteiger partial charge in [0, 0.05) is 29.6 Å². The Bertz CT molecular complexity index is 2330. The third kappa shape index (κ3) is 6.10. The Balaban J connectivity index is 1.08. The van der Waals surface area contributed by atoms with Crippen LogP contribution in [0.5, 0.6) is 0 Å². The zero-order valence-electron chi connectivity index (χ0n) is 34.2. The zero-order valence-corrected chi connectivity index (χ0v) is 34.2. The first-order valence-electron chi connectivity index (χ1n) is 20.9. The summed E-state index contributed by atoms with van der Waals surface area (Å²) in [6, 6.07) is 48.5. The first-order chi connectivity index (χ1) is 28.3. The van der Waals surface area contributed by atoms with Gasteiger partial charge in [0.15, 0.2) is 5.78 Å². The van der Waals surface area contributed by atoms with Crippen LogP contribution in [-0.2, 0) is 31.1 Å². The van der Waals surface area contributed by atoms with E-state index in [9.17, 15) is 19.8 Å². The predicted molar refractivity (Wildman–Crippen MR) is 229 cm³/mol. The molecule has 5 aromatic rings. The molecule has 0 heterocycles. The lowest BCUT2D eigenvalue weighted by molar-refractivity contribution is -0.186. The second-order valence-corrected chi connectivity index (χ2v) is 18.0. The number of Topliss-reactive ketones (excluding diaryl/α,β-unsaturated/α-hetero) is 1. The Labute approximate surface area is 347 Å². The van der Waals surface area contributed by atoms with Crippen LogP contribution in [0.3, 0.4) is 0 Å². The van der Waals surface area contributed by atoms with Gasteiger partial charge in [0.2, 0.25) is 0 Å². The van der Waals surface area contributed by atoms with Gasteiger partial charge in [-0.3, -0.25) is 9.59 Å². The van der Waals surface area contributed by atoms with E-state index in [0.29, 0.717) is 12.0 Å². The van der Waals surface area contributed by atoms with Gasteiger partial charge in [-0.25, -0.2) is 0 Å². The summed E-state index contributed by atoms with van der Waals surface area (Å²) in [4.78, 5) is 28.0. The number of carbonyl (C=O) groups excluding carboxylic acids is 2. The van der Waals surface area contributed by atoms with Crippen molar-refractivity contribution in [3.05, 3.63) is 191 Å². The number of hydrogen-bond donors (Lipinski definition) is 2. The van der Waals surface area contributed by atoms with Crippen LogP contribution >= 0.6 is 0 Å². The topological polar surface area (TPSA) is 93.1 Å². The van der Waals surface area contributed by atoms with E-state index >= 15 is 0 Å². The molecule has 300 valence electrons. The third-order valence-corrected chi connectivity index (χ3v) is 14.4. The van der Waals surface area contributed by atoms with Crippen molar-refractivity contribution in [1.29, 1.82) is 0 Å². The Morgan fingerprint density at radius 1 is 0.729 bits per heavy atom. The smallest absolute Gasteiger partial charge is 0.310 e. The van der Waals surface area contributed by atoms with Gasteiger partial charge < -0.3 is 19.7 Å². The minimum absolute atomic E-state index is 0.00321. The molecule has 2 fully saturated rings. The van der Waals surface area contributed by atoms with Gasteiger partial charge in [-0.2, -0.15) is 0 Å². The molecule has 0 aromatic heterocycles. The minimum Gasteiger partial charge on any atom is -0.458 e. The molecule has 5 aromatic carbocycles. The molecule has 6 heteroatoms. The number of ether oxygens (including phenoxy) is 2. The monoisotopic (exact) mass is 784 g/mol. The van der Waals surface area contributed by atoms with Crippen molar-refractivity contribution in [1.82, 2.24) is 0 Å². The van der Waals surface area contributed by atoms with Crippen LogP contribution < -0.4 is 0 Å². The first-order valence-corrected chi connectivity index (χ1v) is 20.9. The quantitative estimate of drug-likeness (QED) is 0.0833. The van der Waals surface area contributed by atoms with E-state index in [-0.39, 0.29) is 37.1 Å². The van der Waals surface area contributed by atoms with Crippen LogP contribution in [0.4, 0.5) is 0 Å². The van der Waals surface area contributed by atoms with E-state index < -0.39 is 45.6 Å². The van der Waals surface area contributed by atoms with Gasteiger partial charge in [0.1, 0.15) is 16.8 Å².